The average molecular weight is 257 g/mol. The molecule has 0 spiro atoms. The highest BCUT2D eigenvalue weighted by atomic mass is 19.3. The van der Waals surface area contributed by atoms with Crippen molar-refractivity contribution in [1.29, 1.82) is 0 Å². The second kappa shape index (κ2) is 6.00. The minimum atomic E-state index is -3.95. The van der Waals surface area contributed by atoms with E-state index in [9.17, 15) is 17.6 Å². The Morgan fingerprint density at radius 1 is 1.35 bits per heavy atom. The monoisotopic (exact) mass is 257 g/mol. The first kappa shape index (κ1) is 14.7. The van der Waals surface area contributed by atoms with Gasteiger partial charge >= 0.3 is 12.3 Å². The van der Waals surface area contributed by atoms with Crippen molar-refractivity contribution >= 4 is 0 Å². The molecule has 2 atom stereocenters. The Hall–Kier alpha value is -0.360. The van der Waals surface area contributed by atoms with Crippen LogP contribution in [0.1, 0.15) is 26.7 Å². The molecule has 0 aromatic heterocycles. The summed E-state index contributed by atoms with van der Waals surface area (Å²) in [5.41, 5.74) is 0. The van der Waals surface area contributed by atoms with Crippen LogP contribution in [-0.4, -0.2) is 37.6 Å². The lowest BCUT2D eigenvalue weighted by atomic mass is 9.95. The van der Waals surface area contributed by atoms with Gasteiger partial charge in [0.25, 0.3) is 0 Å². The Kier molecular flexibility index (Phi) is 5.19. The number of hydrogen-bond donors (Lipinski definition) is 1. The summed E-state index contributed by atoms with van der Waals surface area (Å²) in [5.74, 6) is -3.65. The molecule has 1 fully saturated rings. The number of alkyl halides is 4. The second-order valence-electron chi connectivity index (χ2n) is 4.82. The van der Waals surface area contributed by atoms with Gasteiger partial charge in [-0.05, 0) is 18.8 Å². The molecule has 1 heterocycles. The van der Waals surface area contributed by atoms with Gasteiger partial charge in [-0.2, -0.15) is 8.78 Å². The third-order valence-electron chi connectivity index (χ3n) is 3.00. The molecule has 2 nitrogen and oxygen atoms in total. The van der Waals surface area contributed by atoms with E-state index in [0.717, 1.165) is 0 Å². The summed E-state index contributed by atoms with van der Waals surface area (Å²) in [4.78, 5) is 0. The first-order valence-electron chi connectivity index (χ1n) is 5.84. The van der Waals surface area contributed by atoms with E-state index in [2.05, 4.69) is 5.32 Å². The summed E-state index contributed by atoms with van der Waals surface area (Å²) < 4.78 is 54.8. The minimum Gasteiger partial charge on any atom is -0.378 e. The molecule has 1 saturated heterocycles. The van der Waals surface area contributed by atoms with Crippen molar-refractivity contribution in [1.82, 2.24) is 5.32 Å². The third kappa shape index (κ3) is 4.43. The van der Waals surface area contributed by atoms with Gasteiger partial charge in [0.05, 0.1) is 12.6 Å². The number of nitrogens with one attached hydrogen (secondary N) is 1. The first-order valence-corrected chi connectivity index (χ1v) is 5.84. The van der Waals surface area contributed by atoms with Crippen LogP contribution in [0.2, 0.25) is 0 Å². The molecule has 0 aliphatic carbocycles. The molecule has 0 aromatic rings. The molecule has 1 aliphatic rings. The van der Waals surface area contributed by atoms with Crippen LogP contribution in [0.3, 0.4) is 0 Å². The molecule has 1 rings (SSSR count). The summed E-state index contributed by atoms with van der Waals surface area (Å²) in [5, 5.41) is 2.52. The highest BCUT2D eigenvalue weighted by molar-refractivity contribution is 4.82. The summed E-state index contributed by atoms with van der Waals surface area (Å²) in [6, 6.07) is -0.166. The lowest BCUT2D eigenvalue weighted by Gasteiger charge is -2.33. The summed E-state index contributed by atoms with van der Waals surface area (Å²) in [6.07, 6.45) is -2.42. The van der Waals surface area contributed by atoms with E-state index < -0.39 is 18.9 Å². The fraction of sp³-hybridized carbons (Fsp3) is 1.00. The predicted molar refractivity (Wildman–Crippen MR) is 56.6 cm³/mol. The molecule has 6 heteroatoms. The van der Waals surface area contributed by atoms with Crippen LogP contribution in [-0.2, 0) is 4.74 Å². The lowest BCUT2D eigenvalue weighted by molar-refractivity contribution is -0.128. The van der Waals surface area contributed by atoms with Crippen LogP contribution < -0.4 is 5.32 Å². The van der Waals surface area contributed by atoms with Crippen molar-refractivity contribution in [2.24, 2.45) is 5.92 Å². The van der Waals surface area contributed by atoms with E-state index >= 15 is 0 Å². The van der Waals surface area contributed by atoms with Gasteiger partial charge in [0.2, 0.25) is 0 Å². The van der Waals surface area contributed by atoms with Crippen LogP contribution in [0.5, 0.6) is 0 Å². The Balaban J connectivity index is 2.37. The van der Waals surface area contributed by atoms with E-state index in [1.807, 2.05) is 13.8 Å². The van der Waals surface area contributed by atoms with Crippen LogP contribution in [0, 0.1) is 5.92 Å². The zero-order chi connectivity index (χ0) is 13.1. The van der Waals surface area contributed by atoms with Crippen LogP contribution in [0.25, 0.3) is 0 Å². The normalized spacial score (nSPS) is 26.8. The second-order valence-corrected chi connectivity index (χ2v) is 4.82. The summed E-state index contributed by atoms with van der Waals surface area (Å²) in [6.45, 7) is 3.49. The van der Waals surface area contributed by atoms with Crippen molar-refractivity contribution in [3.8, 4) is 0 Å². The maximum Gasteiger partial charge on any atom is 0.319 e. The molecule has 0 saturated carbocycles. The molecule has 17 heavy (non-hydrogen) atoms. The van der Waals surface area contributed by atoms with Crippen molar-refractivity contribution < 1.29 is 22.3 Å². The fourth-order valence-corrected chi connectivity index (χ4v) is 1.84. The molecule has 1 N–H and O–H groups in total. The molecule has 0 amide bonds. The fourth-order valence-electron chi connectivity index (χ4n) is 1.84. The van der Waals surface area contributed by atoms with Gasteiger partial charge in [-0.25, -0.2) is 8.78 Å². The molecular weight excluding hydrogens is 238 g/mol. The molecule has 102 valence electrons. The van der Waals surface area contributed by atoms with Crippen LogP contribution >= 0.6 is 0 Å². The zero-order valence-corrected chi connectivity index (χ0v) is 10.1. The predicted octanol–water partition coefficient (Wildman–Crippen LogP) is 2.68. The zero-order valence-electron chi connectivity index (χ0n) is 10.1. The topological polar surface area (TPSA) is 21.3 Å². The smallest absolute Gasteiger partial charge is 0.319 e. The number of hydrogen-bond acceptors (Lipinski definition) is 2. The first-order chi connectivity index (χ1) is 7.83. The van der Waals surface area contributed by atoms with E-state index in [-0.39, 0.29) is 12.1 Å². The number of ether oxygens (including phenoxy) is 1. The summed E-state index contributed by atoms with van der Waals surface area (Å²) >= 11 is 0. The van der Waals surface area contributed by atoms with Gasteiger partial charge in [-0.15, -0.1) is 0 Å². The maximum absolute atomic E-state index is 12.7. The molecule has 2 unspecified atom stereocenters. The maximum atomic E-state index is 12.7. The SMILES string of the molecule is CC(C)C1CC(NCC(F)(F)C(F)F)CCO1. The van der Waals surface area contributed by atoms with Crippen molar-refractivity contribution in [2.75, 3.05) is 13.2 Å². The van der Waals surface area contributed by atoms with Gasteiger partial charge in [0, 0.05) is 12.6 Å². The van der Waals surface area contributed by atoms with Gasteiger partial charge in [-0.3, -0.25) is 0 Å². The molecular formula is C11H19F4NO. The molecule has 0 aromatic carbocycles. The van der Waals surface area contributed by atoms with Gasteiger partial charge in [-0.1, -0.05) is 13.8 Å². The van der Waals surface area contributed by atoms with Gasteiger partial charge < -0.3 is 10.1 Å². The summed E-state index contributed by atoms with van der Waals surface area (Å²) in [7, 11) is 0. The van der Waals surface area contributed by atoms with E-state index in [1.54, 1.807) is 0 Å². The Morgan fingerprint density at radius 3 is 2.53 bits per heavy atom. The third-order valence-corrected chi connectivity index (χ3v) is 3.00. The minimum absolute atomic E-state index is 0.0152. The molecule has 1 aliphatic heterocycles. The van der Waals surface area contributed by atoms with Crippen LogP contribution in [0.15, 0.2) is 0 Å². The number of halogens is 4. The number of rotatable bonds is 5. The standard InChI is InChI=1S/C11H19F4NO/c1-7(2)9-5-8(3-4-17-9)16-6-11(14,15)10(12)13/h7-10,16H,3-6H2,1-2H3. The van der Waals surface area contributed by atoms with Gasteiger partial charge in [0.15, 0.2) is 0 Å². The Morgan fingerprint density at radius 2 is 2.00 bits per heavy atom. The van der Waals surface area contributed by atoms with Crippen molar-refractivity contribution in [3.63, 3.8) is 0 Å². The Labute approximate surface area is 98.7 Å². The highest BCUT2D eigenvalue weighted by Gasteiger charge is 2.41. The molecule has 0 bridgehead atoms. The van der Waals surface area contributed by atoms with Gasteiger partial charge in [0.1, 0.15) is 0 Å². The Bertz CT molecular complexity index is 236. The van der Waals surface area contributed by atoms with E-state index in [4.69, 9.17) is 4.74 Å². The quantitative estimate of drug-likeness (QED) is 0.765. The largest absolute Gasteiger partial charge is 0.378 e. The highest BCUT2D eigenvalue weighted by Crippen LogP contribution is 2.24. The lowest BCUT2D eigenvalue weighted by Crippen LogP contribution is -2.47. The molecule has 0 radical (unpaired) electrons. The van der Waals surface area contributed by atoms with Crippen molar-refractivity contribution in [3.05, 3.63) is 0 Å². The van der Waals surface area contributed by atoms with E-state index in [1.165, 1.54) is 0 Å². The van der Waals surface area contributed by atoms with Crippen molar-refractivity contribution in [2.45, 2.75) is 51.2 Å². The van der Waals surface area contributed by atoms with Crippen LogP contribution in [0.4, 0.5) is 17.6 Å². The average Bonchev–Trinajstić information content (AvgIpc) is 2.26. The van der Waals surface area contributed by atoms with E-state index in [0.29, 0.717) is 25.4 Å².